The Morgan fingerprint density at radius 3 is 2.43 bits per heavy atom. The molecular weight excluding hydrogens is 440 g/mol. The van der Waals surface area contributed by atoms with Gasteiger partial charge in [0, 0.05) is 24.5 Å². The lowest BCUT2D eigenvalue weighted by Crippen LogP contribution is -2.30. The van der Waals surface area contributed by atoms with Gasteiger partial charge in [0.2, 0.25) is 0 Å². The third-order valence-electron chi connectivity index (χ3n) is 6.16. The van der Waals surface area contributed by atoms with E-state index in [4.69, 9.17) is 0 Å². The van der Waals surface area contributed by atoms with Crippen LogP contribution in [-0.4, -0.2) is 34.0 Å². The van der Waals surface area contributed by atoms with Gasteiger partial charge in [-0.15, -0.1) is 0 Å². The lowest BCUT2D eigenvalue weighted by Gasteiger charge is -2.17. The summed E-state index contributed by atoms with van der Waals surface area (Å²) < 4.78 is 1.78. The van der Waals surface area contributed by atoms with Crippen molar-refractivity contribution < 1.29 is 14.4 Å². The molecule has 1 aliphatic heterocycles. The molecule has 0 saturated heterocycles. The molecule has 2 heterocycles. The Kier molecular flexibility index (Phi) is 5.74. The van der Waals surface area contributed by atoms with Crippen molar-refractivity contribution in [2.45, 2.75) is 20.3 Å². The van der Waals surface area contributed by atoms with E-state index in [1.165, 1.54) is 11.0 Å². The van der Waals surface area contributed by atoms with Gasteiger partial charge in [-0.2, -0.15) is 5.10 Å². The number of nitrogens with zero attached hydrogens (tertiary/aromatic N) is 3. The number of aromatic nitrogens is 2. The molecule has 0 unspecified atom stereocenters. The van der Waals surface area contributed by atoms with Crippen molar-refractivity contribution in [3.8, 4) is 5.69 Å². The molecule has 174 valence electrons. The van der Waals surface area contributed by atoms with Gasteiger partial charge in [-0.05, 0) is 79.4 Å². The number of imide groups is 1. The van der Waals surface area contributed by atoms with Crippen molar-refractivity contribution in [3.63, 3.8) is 0 Å². The third kappa shape index (κ3) is 4.24. The van der Waals surface area contributed by atoms with E-state index < -0.39 is 5.91 Å². The Hall–Kier alpha value is -4.52. The van der Waals surface area contributed by atoms with Crippen LogP contribution in [0.3, 0.4) is 0 Å². The fraction of sp³-hybridized carbons (Fsp3) is 0.143. The quantitative estimate of drug-likeness (QED) is 0.432. The first-order valence-electron chi connectivity index (χ1n) is 11.4. The summed E-state index contributed by atoms with van der Waals surface area (Å²) in [5, 5.41) is 7.11. The highest BCUT2D eigenvalue weighted by Gasteiger charge is 2.37. The number of carbonyl (C=O) groups excluding carboxylic acids is 3. The Labute approximate surface area is 203 Å². The fourth-order valence-corrected chi connectivity index (χ4v) is 4.22. The normalized spacial score (nSPS) is 12.7. The zero-order valence-corrected chi connectivity index (χ0v) is 19.5. The Balaban J connectivity index is 1.26. The molecule has 0 spiro atoms. The first kappa shape index (κ1) is 22.3. The lowest BCUT2D eigenvalue weighted by atomic mass is 10.1. The van der Waals surface area contributed by atoms with Crippen LogP contribution in [0.1, 0.15) is 47.8 Å². The van der Waals surface area contributed by atoms with E-state index >= 15 is 0 Å². The highest BCUT2D eigenvalue weighted by atomic mass is 16.2. The maximum absolute atomic E-state index is 13.1. The Morgan fingerprint density at radius 1 is 0.914 bits per heavy atom. The van der Waals surface area contributed by atoms with Crippen molar-refractivity contribution in [2.75, 3.05) is 11.4 Å². The molecule has 3 aromatic carbocycles. The van der Waals surface area contributed by atoms with Crippen LogP contribution in [0.2, 0.25) is 0 Å². The monoisotopic (exact) mass is 464 g/mol. The van der Waals surface area contributed by atoms with Crippen LogP contribution in [-0.2, 0) is 6.42 Å². The van der Waals surface area contributed by atoms with Gasteiger partial charge in [0.1, 0.15) is 0 Å². The minimum absolute atomic E-state index is 0.248. The van der Waals surface area contributed by atoms with Crippen LogP contribution in [0.5, 0.6) is 0 Å². The molecule has 1 N–H and O–H groups in total. The van der Waals surface area contributed by atoms with Crippen molar-refractivity contribution in [2.24, 2.45) is 0 Å². The molecule has 1 aliphatic rings. The van der Waals surface area contributed by atoms with Gasteiger partial charge < -0.3 is 5.32 Å². The standard InChI is InChI=1S/C28H24N4O3/c1-18-4-5-19(2)25(16-18)32-27(34)23-11-8-21(17-24(23)28(32)35)26(33)29-14-12-20-6-9-22(10-7-20)31-15-3-13-30-31/h3-11,13,15-17H,12,14H2,1-2H3,(H,29,33). The van der Waals surface area contributed by atoms with E-state index in [0.717, 1.165) is 22.4 Å². The summed E-state index contributed by atoms with van der Waals surface area (Å²) in [6.45, 7) is 4.22. The molecule has 4 aromatic rings. The summed E-state index contributed by atoms with van der Waals surface area (Å²) in [6.07, 6.45) is 4.27. The Morgan fingerprint density at radius 2 is 1.69 bits per heavy atom. The highest BCUT2D eigenvalue weighted by molar-refractivity contribution is 6.35. The van der Waals surface area contributed by atoms with Crippen LogP contribution < -0.4 is 10.2 Å². The number of hydrogen-bond acceptors (Lipinski definition) is 4. The second kappa shape index (κ2) is 9.02. The SMILES string of the molecule is Cc1ccc(C)c(N2C(=O)c3ccc(C(=O)NCCc4ccc(-n5cccn5)cc4)cc3C2=O)c1. The fourth-order valence-electron chi connectivity index (χ4n) is 4.22. The minimum atomic E-state index is -0.411. The summed E-state index contributed by atoms with van der Waals surface area (Å²) >= 11 is 0. The molecule has 0 bridgehead atoms. The molecule has 0 fully saturated rings. The zero-order chi connectivity index (χ0) is 24.5. The molecular formula is C28H24N4O3. The number of hydrogen-bond donors (Lipinski definition) is 1. The van der Waals surface area contributed by atoms with Crippen molar-refractivity contribution in [3.05, 3.63) is 113 Å². The smallest absolute Gasteiger partial charge is 0.266 e. The predicted molar refractivity (Wildman–Crippen MR) is 133 cm³/mol. The first-order chi connectivity index (χ1) is 16.9. The lowest BCUT2D eigenvalue weighted by molar-refractivity contribution is 0.0923. The number of anilines is 1. The summed E-state index contributed by atoms with van der Waals surface area (Å²) in [6, 6.07) is 20.1. The average molecular weight is 465 g/mol. The number of rotatable bonds is 6. The summed E-state index contributed by atoms with van der Waals surface area (Å²) in [5.74, 6) is -1.07. The van der Waals surface area contributed by atoms with Gasteiger partial charge in [-0.1, -0.05) is 24.3 Å². The maximum Gasteiger partial charge on any atom is 0.266 e. The number of aryl methyl sites for hydroxylation is 2. The van der Waals surface area contributed by atoms with Crippen LogP contribution in [0, 0.1) is 13.8 Å². The largest absolute Gasteiger partial charge is 0.352 e. The van der Waals surface area contributed by atoms with Crippen LogP contribution in [0.4, 0.5) is 5.69 Å². The molecule has 0 atom stereocenters. The Bertz CT molecular complexity index is 1440. The summed E-state index contributed by atoms with van der Waals surface area (Å²) in [4.78, 5) is 40.1. The van der Waals surface area contributed by atoms with Crippen molar-refractivity contribution in [1.82, 2.24) is 15.1 Å². The summed E-state index contributed by atoms with van der Waals surface area (Å²) in [7, 11) is 0. The molecule has 35 heavy (non-hydrogen) atoms. The summed E-state index contributed by atoms with van der Waals surface area (Å²) in [5.41, 5.74) is 5.32. The molecule has 1 aromatic heterocycles. The first-order valence-corrected chi connectivity index (χ1v) is 11.4. The molecule has 0 radical (unpaired) electrons. The van der Waals surface area contributed by atoms with E-state index in [9.17, 15) is 14.4 Å². The highest BCUT2D eigenvalue weighted by Crippen LogP contribution is 2.31. The van der Waals surface area contributed by atoms with Gasteiger partial charge in [-0.25, -0.2) is 9.58 Å². The van der Waals surface area contributed by atoms with E-state index in [1.807, 2.05) is 68.6 Å². The van der Waals surface area contributed by atoms with Gasteiger partial charge in [-0.3, -0.25) is 14.4 Å². The minimum Gasteiger partial charge on any atom is -0.352 e. The maximum atomic E-state index is 13.1. The van der Waals surface area contributed by atoms with Crippen molar-refractivity contribution >= 4 is 23.4 Å². The van der Waals surface area contributed by atoms with Gasteiger partial charge in [0.05, 0.1) is 22.5 Å². The number of benzene rings is 3. The second-order valence-electron chi connectivity index (χ2n) is 8.62. The average Bonchev–Trinajstić information content (AvgIpc) is 3.48. The number of fused-ring (bicyclic) bond motifs is 1. The second-order valence-corrected chi connectivity index (χ2v) is 8.62. The molecule has 7 nitrogen and oxygen atoms in total. The van der Waals surface area contributed by atoms with Crippen LogP contribution in [0.15, 0.2) is 79.1 Å². The van der Waals surface area contributed by atoms with Gasteiger partial charge in [0.15, 0.2) is 0 Å². The molecule has 3 amide bonds. The number of carbonyl (C=O) groups is 3. The van der Waals surface area contributed by atoms with E-state index in [1.54, 1.807) is 23.0 Å². The topological polar surface area (TPSA) is 84.3 Å². The molecule has 0 saturated carbocycles. The predicted octanol–water partition coefficient (Wildman–Crippen LogP) is 4.26. The third-order valence-corrected chi connectivity index (χ3v) is 6.16. The van der Waals surface area contributed by atoms with Gasteiger partial charge in [0.25, 0.3) is 17.7 Å². The van der Waals surface area contributed by atoms with E-state index in [2.05, 4.69) is 10.4 Å². The van der Waals surface area contributed by atoms with E-state index in [-0.39, 0.29) is 17.4 Å². The number of amides is 3. The van der Waals surface area contributed by atoms with Gasteiger partial charge >= 0.3 is 0 Å². The number of nitrogens with one attached hydrogen (secondary N) is 1. The van der Waals surface area contributed by atoms with Crippen LogP contribution >= 0.6 is 0 Å². The molecule has 0 aliphatic carbocycles. The molecule has 7 heteroatoms. The van der Waals surface area contributed by atoms with Crippen molar-refractivity contribution in [1.29, 1.82) is 0 Å². The van der Waals surface area contributed by atoms with E-state index in [0.29, 0.717) is 29.8 Å². The zero-order valence-electron chi connectivity index (χ0n) is 19.5. The van der Waals surface area contributed by atoms with Crippen LogP contribution in [0.25, 0.3) is 5.69 Å². The molecule has 5 rings (SSSR count).